The smallest absolute Gasteiger partial charge is 0.337 e. The minimum Gasteiger partial charge on any atom is -0.337 e. The summed E-state index contributed by atoms with van der Waals surface area (Å²) in [5, 5.41) is 1.75. The Hall–Kier alpha value is -1.61. The molecule has 2 unspecified atom stereocenters. The second-order valence-electron chi connectivity index (χ2n) is 6.61. The van der Waals surface area contributed by atoms with Gasteiger partial charge >= 0.3 is 6.18 Å². The van der Waals surface area contributed by atoms with E-state index in [9.17, 15) is 18.0 Å². The van der Waals surface area contributed by atoms with Crippen LogP contribution in [0.5, 0.6) is 0 Å². The lowest BCUT2D eigenvalue weighted by Crippen LogP contribution is -2.48. The van der Waals surface area contributed by atoms with Crippen molar-refractivity contribution in [2.75, 3.05) is 5.75 Å². The van der Waals surface area contributed by atoms with Crippen LogP contribution in [0.2, 0.25) is 0 Å². The highest BCUT2D eigenvalue weighted by molar-refractivity contribution is 7.99. The van der Waals surface area contributed by atoms with Gasteiger partial charge in [0.25, 0.3) is 0 Å². The number of carbonyl (C=O) groups is 1. The molecular weight excluding hydrogens is 395 g/mol. The summed E-state index contributed by atoms with van der Waals surface area (Å²) < 4.78 is 39.6. The fraction of sp³-hybridized carbons (Fsp3) is 0.500. The Morgan fingerprint density at radius 2 is 2.00 bits per heavy atom. The Bertz CT molecular complexity index is 786. The van der Waals surface area contributed by atoms with Crippen molar-refractivity contribution in [1.29, 1.82) is 0 Å². The van der Waals surface area contributed by atoms with Crippen molar-refractivity contribution in [3.8, 4) is 10.6 Å². The first-order valence-corrected chi connectivity index (χ1v) is 10.6. The molecule has 1 fully saturated rings. The van der Waals surface area contributed by atoms with Gasteiger partial charge in [-0.15, -0.1) is 11.3 Å². The highest BCUT2D eigenvalue weighted by atomic mass is 32.2. The van der Waals surface area contributed by atoms with E-state index in [0.29, 0.717) is 4.88 Å². The van der Waals surface area contributed by atoms with E-state index >= 15 is 0 Å². The van der Waals surface area contributed by atoms with E-state index in [-0.39, 0.29) is 34.6 Å². The molecule has 0 N–H and O–H groups in total. The number of piperidine rings is 1. The van der Waals surface area contributed by atoms with Crippen LogP contribution in [0, 0.1) is 0 Å². The van der Waals surface area contributed by atoms with Gasteiger partial charge in [-0.1, -0.05) is 17.8 Å². The molecule has 0 aromatic carbocycles. The molecule has 146 valence electrons. The summed E-state index contributed by atoms with van der Waals surface area (Å²) in [6.07, 6.45) is -1.59. The average Bonchev–Trinajstić information content (AvgIpc) is 3.13. The number of amides is 1. The zero-order chi connectivity index (χ0) is 19.6. The van der Waals surface area contributed by atoms with E-state index in [1.54, 1.807) is 17.5 Å². The summed E-state index contributed by atoms with van der Waals surface area (Å²) in [6, 6.07) is 4.71. The number of thioether (sulfide) groups is 1. The van der Waals surface area contributed by atoms with Crippen molar-refractivity contribution in [1.82, 2.24) is 14.9 Å². The third kappa shape index (κ3) is 4.82. The van der Waals surface area contributed by atoms with Crippen LogP contribution in [0.3, 0.4) is 0 Å². The van der Waals surface area contributed by atoms with Crippen LogP contribution in [-0.2, 0) is 11.0 Å². The van der Waals surface area contributed by atoms with E-state index in [2.05, 4.69) is 9.97 Å². The molecule has 1 amide bonds. The van der Waals surface area contributed by atoms with Crippen LogP contribution < -0.4 is 0 Å². The van der Waals surface area contributed by atoms with Gasteiger partial charge in [0, 0.05) is 12.1 Å². The molecule has 0 aliphatic carbocycles. The lowest BCUT2D eigenvalue weighted by atomic mass is 9.98. The largest absolute Gasteiger partial charge is 0.433 e. The van der Waals surface area contributed by atoms with E-state index in [1.165, 1.54) is 11.3 Å². The Kier molecular flexibility index (Phi) is 6.10. The number of hydrogen-bond acceptors (Lipinski definition) is 5. The van der Waals surface area contributed by atoms with Crippen LogP contribution in [-0.4, -0.2) is 38.6 Å². The molecule has 4 nitrogen and oxygen atoms in total. The summed E-state index contributed by atoms with van der Waals surface area (Å²) in [4.78, 5) is 23.0. The number of hydrogen-bond donors (Lipinski definition) is 0. The van der Waals surface area contributed by atoms with Crippen molar-refractivity contribution in [2.24, 2.45) is 0 Å². The van der Waals surface area contributed by atoms with Crippen molar-refractivity contribution in [3.05, 3.63) is 29.3 Å². The highest BCUT2D eigenvalue weighted by Gasteiger charge is 2.34. The van der Waals surface area contributed by atoms with Gasteiger partial charge in [-0.25, -0.2) is 9.97 Å². The first-order chi connectivity index (χ1) is 12.8. The SMILES string of the molecule is CC1CCCC(C)N1C(=O)CSc1nc(-c2cccs2)cc(C(F)(F)F)n1. The molecule has 0 saturated carbocycles. The van der Waals surface area contributed by atoms with E-state index in [0.717, 1.165) is 37.1 Å². The third-order valence-corrected chi connectivity index (χ3v) is 6.30. The molecule has 2 atom stereocenters. The first-order valence-electron chi connectivity index (χ1n) is 8.70. The number of nitrogens with zero attached hydrogens (tertiary/aromatic N) is 3. The van der Waals surface area contributed by atoms with Gasteiger partial charge in [0.2, 0.25) is 5.91 Å². The standard InChI is InChI=1S/C18H20F3N3OS2/c1-11-5-3-6-12(2)24(11)16(25)10-27-17-22-13(14-7-4-8-26-14)9-15(23-17)18(19,20)21/h4,7-9,11-12H,3,5-6,10H2,1-2H3. The maximum absolute atomic E-state index is 13.2. The van der Waals surface area contributed by atoms with Crippen molar-refractivity contribution in [2.45, 2.75) is 56.5 Å². The Morgan fingerprint density at radius 1 is 1.30 bits per heavy atom. The molecule has 27 heavy (non-hydrogen) atoms. The molecule has 1 saturated heterocycles. The van der Waals surface area contributed by atoms with Gasteiger partial charge in [-0.2, -0.15) is 13.2 Å². The van der Waals surface area contributed by atoms with Crippen molar-refractivity contribution >= 4 is 29.0 Å². The van der Waals surface area contributed by atoms with Gasteiger partial charge in [-0.3, -0.25) is 4.79 Å². The zero-order valence-corrected chi connectivity index (χ0v) is 16.6. The highest BCUT2D eigenvalue weighted by Crippen LogP contribution is 2.33. The molecule has 0 bridgehead atoms. The summed E-state index contributed by atoms with van der Waals surface area (Å²) in [5.74, 6) is -0.0572. The molecule has 9 heteroatoms. The maximum Gasteiger partial charge on any atom is 0.433 e. The van der Waals surface area contributed by atoms with Crippen LogP contribution in [0.4, 0.5) is 13.2 Å². The predicted molar refractivity (Wildman–Crippen MR) is 101 cm³/mol. The summed E-state index contributed by atoms with van der Waals surface area (Å²) in [7, 11) is 0. The quantitative estimate of drug-likeness (QED) is 0.515. The second-order valence-corrected chi connectivity index (χ2v) is 8.50. The van der Waals surface area contributed by atoms with E-state index in [1.807, 2.05) is 18.7 Å². The second kappa shape index (κ2) is 8.18. The Balaban J connectivity index is 1.79. The van der Waals surface area contributed by atoms with Gasteiger partial charge in [0.1, 0.15) is 5.69 Å². The van der Waals surface area contributed by atoms with Crippen LogP contribution in [0.15, 0.2) is 28.7 Å². The number of halogens is 3. The number of alkyl halides is 3. The molecule has 2 aromatic rings. The molecule has 1 aliphatic heterocycles. The first kappa shape index (κ1) is 20.1. The minimum absolute atomic E-state index is 0.0276. The minimum atomic E-state index is -4.57. The maximum atomic E-state index is 13.2. The molecular formula is C18H20F3N3OS2. The molecule has 0 spiro atoms. The van der Waals surface area contributed by atoms with Crippen molar-refractivity contribution in [3.63, 3.8) is 0 Å². The Morgan fingerprint density at radius 3 is 2.59 bits per heavy atom. The molecule has 1 aliphatic rings. The summed E-state index contributed by atoms with van der Waals surface area (Å²) >= 11 is 2.27. The summed E-state index contributed by atoms with van der Waals surface area (Å²) in [6.45, 7) is 4.02. The normalized spacial score (nSPS) is 20.7. The molecule has 2 aromatic heterocycles. The monoisotopic (exact) mass is 415 g/mol. The Labute approximate surface area is 164 Å². The fourth-order valence-corrected chi connectivity index (χ4v) is 4.71. The zero-order valence-electron chi connectivity index (χ0n) is 15.0. The van der Waals surface area contributed by atoms with Gasteiger partial charge in [-0.05, 0) is 50.6 Å². The van der Waals surface area contributed by atoms with Crippen LogP contribution in [0.25, 0.3) is 10.6 Å². The number of rotatable bonds is 4. The lowest BCUT2D eigenvalue weighted by Gasteiger charge is -2.39. The van der Waals surface area contributed by atoms with Crippen molar-refractivity contribution < 1.29 is 18.0 Å². The number of thiophene rings is 1. The van der Waals surface area contributed by atoms with Crippen LogP contribution in [0.1, 0.15) is 38.8 Å². The summed E-state index contributed by atoms with van der Waals surface area (Å²) in [5.41, 5.74) is -0.766. The lowest BCUT2D eigenvalue weighted by molar-refractivity contribution is -0.141. The number of likely N-dealkylation sites (tertiary alicyclic amines) is 1. The molecule has 3 heterocycles. The van der Waals surface area contributed by atoms with E-state index in [4.69, 9.17) is 0 Å². The molecule has 3 rings (SSSR count). The topological polar surface area (TPSA) is 46.1 Å². The molecule has 0 radical (unpaired) electrons. The fourth-order valence-electron chi connectivity index (χ4n) is 3.30. The van der Waals surface area contributed by atoms with Gasteiger partial charge < -0.3 is 4.90 Å². The third-order valence-electron chi connectivity index (χ3n) is 4.58. The van der Waals surface area contributed by atoms with Crippen LogP contribution >= 0.6 is 23.1 Å². The predicted octanol–water partition coefficient (Wildman–Crippen LogP) is 5.11. The average molecular weight is 416 g/mol. The van der Waals surface area contributed by atoms with Gasteiger partial charge in [0.05, 0.1) is 16.3 Å². The van der Waals surface area contributed by atoms with Gasteiger partial charge in [0.15, 0.2) is 5.16 Å². The van der Waals surface area contributed by atoms with E-state index < -0.39 is 11.9 Å². The number of aromatic nitrogens is 2. The number of carbonyl (C=O) groups excluding carboxylic acids is 1.